The first-order valence-corrected chi connectivity index (χ1v) is 6.73. The summed E-state index contributed by atoms with van der Waals surface area (Å²) in [5, 5.41) is 0. The molecule has 19 heavy (non-hydrogen) atoms. The molecule has 0 spiro atoms. The molecule has 0 aliphatic carbocycles. The third-order valence-corrected chi connectivity index (χ3v) is 3.30. The van der Waals surface area contributed by atoms with Crippen molar-refractivity contribution >= 4 is 22.6 Å². The molecule has 0 saturated carbocycles. The smallest absolute Gasteiger partial charge is 0.219 e. The van der Waals surface area contributed by atoms with E-state index in [1.165, 1.54) is 22.6 Å². The second-order valence-corrected chi connectivity index (χ2v) is 5.49. The third-order valence-electron chi connectivity index (χ3n) is 2.45. The van der Waals surface area contributed by atoms with E-state index in [0.29, 0.717) is 12.8 Å². The Labute approximate surface area is 120 Å². The highest BCUT2D eigenvalue weighted by Gasteiger charge is 2.71. The van der Waals surface area contributed by atoms with Gasteiger partial charge in [-0.25, -0.2) is 4.39 Å². The average Bonchev–Trinajstić information content (AvgIpc) is 2.21. The van der Waals surface area contributed by atoms with Crippen molar-refractivity contribution in [2.24, 2.45) is 0 Å². The van der Waals surface area contributed by atoms with Crippen molar-refractivity contribution in [3.05, 3.63) is 9.66 Å². The lowest BCUT2D eigenvalue weighted by Gasteiger charge is -2.27. The van der Waals surface area contributed by atoms with Gasteiger partial charge in [-0.05, 0) is 45.1 Å². The van der Waals surface area contributed by atoms with Crippen molar-refractivity contribution in [1.82, 2.24) is 0 Å². The SMILES string of the molecule is CCCCCCC(I)=CC(F)(C(F)(F)F)C(F)(F)F. The van der Waals surface area contributed by atoms with Gasteiger partial charge in [0.15, 0.2) is 0 Å². The number of allylic oxidation sites excluding steroid dienone is 2. The van der Waals surface area contributed by atoms with Crippen molar-refractivity contribution in [2.45, 2.75) is 57.0 Å². The Hall–Kier alpha value is -0.0200. The van der Waals surface area contributed by atoms with Gasteiger partial charge in [0.25, 0.3) is 0 Å². The third kappa shape index (κ3) is 5.47. The molecule has 0 fully saturated rings. The minimum atomic E-state index is -6.01. The van der Waals surface area contributed by atoms with Crippen LogP contribution in [0.15, 0.2) is 9.66 Å². The van der Waals surface area contributed by atoms with E-state index in [9.17, 15) is 30.7 Å². The van der Waals surface area contributed by atoms with Gasteiger partial charge in [-0.2, -0.15) is 26.3 Å². The first kappa shape index (κ1) is 19.0. The fourth-order valence-electron chi connectivity index (χ4n) is 1.33. The Morgan fingerprint density at radius 3 is 1.74 bits per heavy atom. The summed E-state index contributed by atoms with van der Waals surface area (Å²) in [4.78, 5) is 0. The predicted octanol–water partition coefficient (Wildman–Crippen LogP) is 6.11. The van der Waals surface area contributed by atoms with Crippen LogP contribution in [0.1, 0.15) is 39.0 Å². The van der Waals surface area contributed by atoms with E-state index in [2.05, 4.69) is 0 Å². The van der Waals surface area contributed by atoms with Crippen LogP contribution in [-0.2, 0) is 0 Å². The molecule has 8 heteroatoms. The van der Waals surface area contributed by atoms with Crippen LogP contribution in [-0.4, -0.2) is 18.0 Å². The minimum absolute atomic E-state index is 0.0123. The normalized spacial score (nSPS) is 14.9. The second-order valence-electron chi connectivity index (χ2n) is 4.11. The van der Waals surface area contributed by atoms with Crippen LogP contribution in [0.3, 0.4) is 0 Å². The summed E-state index contributed by atoms with van der Waals surface area (Å²) in [6.07, 6.45) is -9.52. The number of rotatable bonds is 6. The van der Waals surface area contributed by atoms with Crippen LogP contribution in [0.5, 0.6) is 0 Å². The Balaban J connectivity index is 4.92. The van der Waals surface area contributed by atoms with Crippen LogP contribution in [0.4, 0.5) is 30.7 Å². The van der Waals surface area contributed by atoms with Crippen LogP contribution >= 0.6 is 22.6 Å². The van der Waals surface area contributed by atoms with Gasteiger partial charge in [0.1, 0.15) is 0 Å². The molecule has 114 valence electrons. The Kier molecular flexibility index (Phi) is 7.11. The van der Waals surface area contributed by atoms with Crippen molar-refractivity contribution in [2.75, 3.05) is 0 Å². The lowest BCUT2D eigenvalue weighted by Crippen LogP contribution is -2.51. The van der Waals surface area contributed by atoms with E-state index in [1.807, 2.05) is 6.92 Å². The summed E-state index contributed by atoms with van der Waals surface area (Å²) in [6.45, 7) is 1.92. The monoisotopic (exact) mass is 406 g/mol. The van der Waals surface area contributed by atoms with Crippen molar-refractivity contribution in [3.8, 4) is 0 Å². The summed E-state index contributed by atoms with van der Waals surface area (Å²) >= 11 is 1.32. The van der Waals surface area contributed by atoms with Gasteiger partial charge in [-0.3, -0.25) is 0 Å². The molecule has 0 aromatic carbocycles. The van der Waals surface area contributed by atoms with Crippen LogP contribution in [0.25, 0.3) is 0 Å². The molecule has 0 unspecified atom stereocenters. The molecule has 0 N–H and O–H groups in total. The van der Waals surface area contributed by atoms with Crippen LogP contribution in [0, 0.1) is 0 Å². The molecule has 0 saturated heterocycles. The number of unbranched alkanes of at least 4 members (excludes halogenated alkanes) is 3. The molecule has 0 aliphatic rings. The lowest BCUT2D eigenvalue weighted by atomic mass is 10.0. The molecule has 0 atom stereocenters. The van der Waals surface area contributed by atoms with Crippen molar-refractivity contribution < 1.29 is 30.7 Å². The van der Waals surface area contributed by atoms with Gasteiger partial charge in [0.2, 0.25) is 0 Å². The Morgan fingerprint density at radius 1 is 0.895 bits per heavy atom. The topological polar surface area (TPSA) is 0 Å². The van der Waals surface area contributed by atoms with E-state index in [-0.39, 0.29) is 16.1 Å². The number of hydrogen-bond acceptors (Lipinski definition) is 0. The summed E-state index contributed by atoms with van der Waals surface area (Å²) in [6, 6.07) is 0. The quantitative estimate of drug-likeness (QED) is 0.284. The summed E-state index contributed by atoms with van der Waals surface area (Å²) in [7, 11) is 0. The summed E-state index contributed by atoms with van der Waals surface area (Å²) in [5.41, 5.74) is -5.28. The van der Waals surface area contributed by atoms with Gasteiger partial charge in [-0.15, -0.1) is 0 Å². The number of hydrogen-bond donors (Lipinski definition) is 0. The highest BCUT2D eigenvalue weighted by molar-refractivity contribution is 14.1. The molecule has 0 aliphatic heterocycles. The average molecular weight is 406 g/mol. The van der Waals surface area contributed by atoms with Crippen molar-refractivity contribution in [1.29, 1.82) is 0 Å². The lowest BCUT2D eigenvalue weighted by molar-refractivity contribution is -0.322. The molecule has 0 radical (unpaired) electrons. The van der Waals surface area contributed by atoms with Gasteiger partial charge < -0.3 is 0 Å². The predicted molar refractivity (Wildman–Crippen MR) is 66.8 cm³/mol. The zero-order chi connectivity index (χ0) is 15.3. The maximum atomic E-state index is 13.3. The molecule has 0 aromatic heterocycles. The van der Waals surface area contributed by atoms with E-state index < -0.39 is 18.0 Å². The highest BCUT2D eigenvalue weighted by Crippen LogP contribution is 2.48. The summed E-state index contributed by atoms with van der Waals surface area (Å²) < 4.78 is 86.6. The molecule has 0 bridgehead atoms. The molecule has 0 rings (SSSR count). The minimum Gasteiger partial charge on any atom is -0.219 e. The largest absolute Gasteiger partial charge is 0.435 e. The van der Waals surface area contributed by atoms with Crippen molar-refractivity contribution in [3.63, 3.8) is 0 Å². The van der Waals surface area contributed by atoms with Gasteiger partial charge in [-0.1, -0.05) is 26.2 Å². The van der Waals surface area contributed by atoms with E-state index in [0.717, 1.165) is 12.8 Å². The van der Waals surface area contributed by atoms with Gasteiger partial charge in [0.05, 0.1) is 0 Å². The van der Waals surface area contributed by atoms with Crippen LogP contribution in [0.2, 0.25) is 0 Å². The summed E-state index contributed by atoms with van der Waals surface area (Å²) in [5.74, 6) is 0. The number of halogens is 8. The fraction of sp³-hybridized carbons (Fsp3) is 0.818. The Morgan fingerprint density at radius 2 is 1.37 bits per heavy atom. The molecule has 0 nitrogen and oxygen atoms in total. The van der Waals surface area contributed by atoms with Gasteiger partial charge in [0, 0.05) is 0 Å². The van der Waals surface area contributed by atoms with E-state index in [4.69, 9.17) is 0 Å². The zero-order valence-electron chi connectivity index (χ0n) is 10.1. The molecule has 0 amide bonds. The standard InChI is InChI=1S/C11H14F7I/c1-2-3-4-5-6-8(19)7-9(12,10(13,14)15)11(16,17)18/h7H,2-6H2,1H3. The molecule has 0 aromatic rings. The first-order valence-electron chi connectivity index (χ1n) is 5.65. The Bertz CT molecular complexity index is 289. The zero-order valence-corrected chi connectivity index (χ0v) is 12.3. The van der Waals surface area contributed by atoms with Crippen LogP contribution < -0.4 is 0 Å². The molecular formula is C11H14F7I. The molecular weight excluding hydrogens is 392 g/mol. The molecule has 0 heterocycles. The maximum Gasteiger partial charge on any atom is 0.435 e. The first-order chi connectivity index (χ1) is 8.45. The van der Waals surface area contributed by atoms with E-state index >= 15 is 0 Å². The van der Waals surface area contributed by atoms with E-state index in [1.54, 1.807) is 0 Å². The van der Waals surface area contributed by atoms with Gasteiger partial charge >= 0.3 is 18.0 Å². The highest BCUT2D eigenvalue weighted by atomic mass is 127. The fourth-order valence-corrected chi connectivity index (χ4v) is 2.14. The second kappa shape index (κ2) is 7.12. The number of alkyl halides is 7. The maximum absolute atomic E-state index is 13.3.